The number of carboxylic acids is 1. The zero-order chi connectivity index (χ0) is 11.9. The molecule has 0 aromatic heterocycles. The van der Waals surface area contributed by atoms with Crippen LogP contribution < -0.4 is 11.1 Å². The minimum absolute atomic E-state index is 0.227. The van der Waals surface area contributed by atoms with Crippen LogP contribution in [0.25, 0.3) is 0 Å². The van der Waals surface area contributed by atoms with Gasteiger partial charge in [0.1, 0.15) is 5.54 Å². The number of hydrogen-bond acceptors (Lipinski definition) is 3. The van der Waals surface area contributed by atoms with E-state index < -0.39 is 11.5 Å². The van der Waals surface area contributed by atoms with E-state index in [1.54, 1.807) is 6.92 Å². The van der Waals surface area contributed by atoms with Gasteiger partial charge >= 0.3 is 5.97 Å². The third-order valence-corrected chi connectivity index (χ3v) is 2.45. The number of unbranched alkanes of at least 4 members (excludes halogenated alkanes) is 1. The Morgan fingerprint density at radius 1 is 1.40 bits per heavy atom. The van der Waals surface area contributed by atoms with Crippen molar-refractivity contribution in [1.29, 1.82) is 0 Å². The molecule has 0 aromatic rings. The number of amides is 1. The smallest absolute Gasteiger partial charge is 0.329 e. The largest absolute Gasteiger partial charge is 0.480 e. The minimum Gasteiger partial charge on any atom is -0.480 e. The first kappa shape index (κ1) is 13.9. The molecule has 1 amide bonds. The SMILES string of the molecule is CCC(C)(NC(=O)CCCCN)C(=O)O. The summed E-state index contributed by atoms with van der Waals surface area (Å²) in [7, 11) is 0. The van der Waals surface area contributed by atoms with Gasteiger partial charge in [-0.2, -0.15) is 0 Å². The van der Waals surface area contributed by atoms with Gasteiger partial charge in [0.2, 0.25) is 5.91 Å². The number of nitrogens with one attached hydrogen (secondary N) is 1. The Labute approximate surface area is 90.0 Å². The highest BCUT2D eigenvalue weighted by Crippen LogP contribution is 2.09. The van der Waals surface area contributed by atoms with Gasteiger partial charge in [0.25, 0.3) is 0 Å². The van der Waals surface area contributed by atoms with E-state index in [-0.39, 0.29) is 5.91 Å². The second-order valence-electron chi connectivity index (χ2n) is 3.78. The molecule has 5 nitrogen and oxygen atoms in total. The second kappa shape index (κ2) is 6.40. The Morgan fingerprint density at radius 3 is 2.40 bits per heavy atom. The Hall–Kier alpha value is -1.10. The highest BCUT2D eigenvalue weighted by molar-refractivity contribution is 5.86. The monoisotopic (exact) mass is 216 g/mol. The zero-order valence-electron chi connectivity index (χ0n) is 9.38. The molecular formula is C10H20N2O3. The maximum atomic E-state index is 11.4. The summed E-state index contributed by atoms with van der Waals surface area (Å²) in [6, 6.07) is 0. The van der Waals surface area contributed by atoms with Crippen LogP contribution in [0.1, 0.15) is 39.5 Å². The summed E-state index contributed by atoms with van der Waals surface area (Å²) in [4.78, 5) is 22.3. The summed E-state index contributed by atoms with van der Waals surface area (Å²) in [6.45, 7) is 3.79. The molecule has 1 atom stereocenters. The van der Waals surface area contributed by atoms with Gasteiger partial charge < -0.3 is 16.2 Å². The molecule has 0 radical (unpaired) electrons. The van der Waals surface area contributed by atoms with Gasteiger partial charge in [-0.3, -0.25) is 4.79 Å². The number of nitrogens with two attached hydrogens (primary N) is 1. The van der Waals surface area contributed by atoms with Gasteiger partial charge in [-0.25, -0.2) is 4.79 Å². The van der Waals surface area contributed by atoms with Crippen molar-refractivity contribution in [3.63, 3.8) is 0 Å². The van der Waals surface area contributed by atoms with Crippen molar-refractivity contribution in [1.82, 2.24) is 5.32 Å². The van der Waals surface area contributed by atoms with E-state index in [1.807, 2.05) is 0 Å². The third kappa shape index (κ3) is 4.78. The molecule has 0 heterocycles. The average Bonchev–Trinajstić information content (AvgIpc) is 2.17. The Bertz CT molecular complexity index is 231. The van der Waals surface area contributed by atoms with Gasteiger partial charge in [0.05, 0.1) is 0 Å². The van der Waals surface area contributed by atoms with Gasteiger partial charge in [-0.1, -0.05) is 6.92 Å². The van der Waals surface area contributed by atoms with E-state index in [0.29, 0.717) is 25.8 Å². The van der Waals surface area contributed by atoms with E-state index in [2.05, 4.69) is 5.32 Å². The van der Waals surface area contributed by atoms with E-state index in [0.717, 1.165) is 6.42 Å². The molecule has 4 N–H and O–H groups in total. The fourth-order valence-corrected chi connectivity index (χ4v) is 1.09. The van der Waals surface area contributed by atoms with Crippen LogP contribution in [0.5, 0.6) is 0 Å². The molecule has 88 valence electrons. The lowest BCUT2D eigenvalue weighted by atomic mass is 9.99. The average molecular weight is 216 g/mol. The lowest BCUT2D eigenvalue weighted by Gasteiger charge is -2.24. The van der Waals surface area contributed by atoms with Gasteiger partial charge in [0.15, 0.2) is 0 Å². The maximum absolute atomic E-state index is 11.4. The molecule has 0 aliphatic heterocycles. The molecule has 1 unspecified atom stereocenters. The van der Waals surface area contributed by atoms with Gasteiger partial charge in [0, 0.05) is 6.42 Å². The standard InChI is InChI=1S/C10H20N2O3/c1-3-10(2,9(14)15)12-8(13)6-4-5-7-11/h3-7,11H2,1-2H3,(H,12,13)(H,14,15). The number of carbonyl (C=O) groups is 2. The molecule has 0 aliphatic rings. The predicted molar refractivity (Wildman–Crippen MR) is 57.4 cm³/mol. The highest BCUT2D eigenvalue weighted by atomic mass is 16.4. The molecule has 15 heavy (non-hydrogen) atoms. The zero-order valence-corrected chi connectivity index (χ0v) is 9.38. The van der Waals surface area contributed by atoms with E-state index in [1.165, 1.54) is 6.92 Å². The Morgan fingerprint density at radius 2 is 2.00 bits per heavy atom. The quantitative estimate of drug-likeness (QED) is 0.540. The number of carboxylic acid groups (broad SMARTS) is 1. The van der Waals surface area contributed by atoms with Gasteiger partial charge in [-0.15, -0.1) is 0 Å². The van der Waals surface area contributed by atoms with Crippen molar-refractivity contribution in [2.75, 3.05) is 6.54 Å². The van der Waals surface area contributed by atoms with Crippen LogP contribution in [0.4, 0.5) is 0 Å². The number of rotatable bonds is 7. The molecular weight excluding hydrogens is 196 g/mol. The first-order valence-corrected chi connectivity index (χ1v) is 5.20. The maximum Gasteiger partial charge on any atom is 0.329 e. The van der Waals surface area contributed by atoms with Crippen molar-refractivity contribution in [3.05, 3.63) is 0 Å². The summed E-state index contributed by atoms with van der Waals surface area (Å²) < 4.78 is 0. The molecule has 0 saturated carbocycles. The Kier molecular flexibility index (Phi) is 5.93. The van der Waals surface area contributed by atoms with Crippen LogP contribution in [0, 0.1) is 0 Å². The van der Waals surface area contributed by atoms with Crippen LogP contribution in [-0.4, -0.2) is 29.1 Å². The fourth-order valence-electron chi connectivity index (χ4n) is 1.09. The fraction of sp³-hybridized carbons (Fsp3) is 0.800. The summed E-state index contributed by atoms with van der Waals surface area (Å²) >= 11 is 0. The van der Waals surface area contributed by atoms with Crippen LogP contribution in [0.15, 0.2) is 0 Å². The normalized spacial score (nSPS) is 14.3. The first-order valence-electron chi connectivity index (χ1n) is 5.20. The van der Waals surface area contributed by atoms with E-state index in [9.17, 15) is 9.59 Å². The van der Waals surface area contributed by atoms with Crippen LogP contribution in [0.3, 0.4) is 0 Å². The molecule has 0 aromatic carbocycles. The number of aliphatic carboxylic acids is 1. The third-order valence-electron chi connectivity index (χ3n) is 2.45. The molecule has 0 fully saturated rings. The summed E-state index contributed by atoms with van der Waals surface area (Å²) in [5.74, 6) is -1.23. The molecule has 0 rings (SSSR count). The Balaban J connectivity index is 4.08. The first-order chi connectivity index (χ1) is 6.96. The molecule has 0 spiro atoms. The summed E-state index contributed by atoms with van der Waals surface area (Å²) in [5, 5.41) is 11.4. The number of carbonyl (C=O) groups excluding carboxylic acids is 1. The van der Waals surface area contributed by atoms with E-state index in [4.69, 9.17) is 10.8 Å². The molecule has 0 aliphatic carbocycles. The summed E-state index contributed by atoms with van der Waals surface area (Å²) in [5.41, 5.74) is 4.14. The van der Waals surface area contributed by atoms with Crippen LogP contribution in [-0.2, 0) is 9.59 Å². The van der Waals surface area contributed by atoms with Crippen molar-refractivity contribution in [3.8, 4) is 0 Å². The van der Waals surface area contributed by atoms with Crippen LogP contribution >= 0.6 is 0 Å². The minimum atomic E-state index is -1.15. The molecule has 5 heteroatoms. The lowest BCUT2D eigenvalue weighted by molar-refractivity contribution is -0.147. The highest BCUT2D eigenvalue weighted by Gasteiger charge is 2.32. The van der Waals surface area contributed by atoms with Gasteiger partial charge in [-0.05, 0) is 32.7 Å². The van der Waals surface area contributed by atoms with Crippen molar-refractivity contribution in [2.45, 2.75) is 45.1 Å². The second-order valence-corrected chi connectivity index (χ2v) is 3.78. The number of hydrogen-bond donors (Lipinski definition) is 3. The topological polar surface area (TPSA) is 92.4 Å². The summed E-state index contributed by atoms with van der Waals surface area (Å²) in [6.07, 6.45) is 2.18. The van der Waals surface area contributed by atoms with Crippen molar-refractivity contribution >= 4 is 11.9 Å². The van der Waals surface area contributed by atoms with Crippen LogP contribution in [0.2, 0.25) is 0 Å². The molecule has 0 saturated heterocycles. The predicted octanol–water partition coefficient (Wildman–Crippen LogP) is 0.485. The molecule has 0 bridgehead atoms. The van der Waals surface area contributed by atoms with Crippen molar-refractivity contribution in [2.24, 2.45) is 5.73 Å². The lowest BCUT2D eigenvalue weighted by Crippen LogP contribution is -2.51. The van der Waals surface area contributed by atoms with E-state index >= 15 is 0 Å². The van der Waals surface area contributed by atoms with Crippen molar-refractivity contribution < 1.29 is 14.7 Å².